The van der Waals surface area contributed by atoms with Gasteiger partial charge in [-0.3, -0.25) is 14.9 Å². The molecule has 1 saturated heterocycles. The lowest BCUT2D eigenvalue weighted by molar-refractivity contribution is -0.384. The van der Waals surface area contributed by atoms with Crippen LogP contribution in [0.25, 0.3) is 11.0 Å². The van der Waals surface area contributed by atoms with Gasteiger partial charge in [-0.05, 0) is 30.9 Å². The smallest absolute Gasteiger partial charge is 0.349 e. The predicted molar refractivity (Wildman–Crippen MR) is 83.4 cm³/mol. The van der Waals surface area contributed by atoms with E-state index in [1.165, 1.54) is 24.3 Å². The van der Waals surface area contributed by atoms with E-state index in [9.17, 15) is 19.7 Å². The summed E-state index contributed by atoms with van der Waals surface area (Å²) >= 11 is 0. The van der Waals surface area contributed by atoms with Gasteiger partial charge in [0.2, 0.25) is 0 Å². The minimum atomic E-state index is -0.713. The molecule has 1 fully saturated rings. The summed E-state index contributed by atoms with van der Waals surface area (Å²) in [6.45, 7) is 3.34. The van der Waals surface area contributed by atoms with E-state index in [2.05, 4.69) is 6.92 Å². The average Bonchev–Trinajstić information content (AvgIpc) is 2.53. The van der Waals surface area contributed by atoms with Gasteiger partial charge in [0, 0.05) is 30.6 Å². The lowest BCUT2D eigenvalue weighted by Gasteiger charge is -2.30. The molecule has 0 radical (unpaired) electrons. The minimum absolute atomic E-state index is 0.0763. The van der Waals surface area contributed by atoms with E-state index in [1.807, 2.05) is 0 Å². The van der Waals surface area contributed by atoms with Gasteiger partial charge in [0.1, 0.15) is 11.1 Å². The molecule has 1 aromatic heterocycles. The normalized spacial score (nSPS) is 15.8. The van der Waals surface area contributed by atoms with E-state index in [1.54, 1.807) is 4.90 Å². The Morgan fingerprint density at radius 2 is 2.00 bits per heavy atom. The van der Waals surface area contributed by atoms with E-state index in [0.29, 0.717) is 24.4 Å². The molecule has 2 aromatic rings. The molecule has 7 heteroatoms. The Balaban J connectivity index is 1.99. The molecule has 3 rings (SSSR count). The molecular weight excluding hydrogens is 300 g/mol. The number of nitro benzene ring substituents is 1. The van der Waals surface area contributed by atoms with Gasteiger partial charge in [0.05, 0.1) is 4.92 Å². The monoisotopic (exact) mass is 316 g/mol. The molecule has 7 nitrogen and oxygen atoms in total. The highest BCUT2D eigenvalue weighted by Gasteiger charge is 2.24. The number of fused-ring (bicyclic) bond motifs is 1. The fourth-order valence-electron chi connectivity index (χ4n) is 2.76. The minimum Gasteiger partial charge on any atom is -0.422 e. The van der Waals surface area contributed by atoms with Gasteiger partial charge in [-0.15, -0.1) is 0 Å². The fraction of sp³-hybridized carbons (Fsp3) is 0.375. The molecule has 1 aliphatic rings. The van der Waals surface area contributed by atoms with Gasteiger partial charge in [-0.1, -0.05) is 6.92 Å². The lowest BCUT2D eigenvalue weighted by atomic mass is 9.98. The molecule has 1 aromatic carbocycles. The SMILES string of the molecule is CC1CCN(C(=O)c2cc3cc([N+](=O)[O-])ccc3oc2=O)CC1. The summed E-state index contributed by atoms with van der Waals surface area (Å²) < 4.78 is 5.13. The van der Waals surface area contributed by atoms with Crippen molar-refractivity contribution >= 4 is 22.6 Å². The van der Waals surface area contributed by atoms with Crippen LogP contribution in [0.4, 0.5) is 5.69 Å². The number of nitro groups is 1. The molecule has 0 N–H and O–H groups in total. The number of likely N-dealkylation sites (tertiary alicyclic amines) is 1. The van der Waals surface area contributed by atoms with E-state index >= 15 is 0 Å². The summed E-state index contributed by atoms with van der Waals surface area (Å²) in [5.74, 6) is 0.189. The molecule has 0 spiro atoms. The standard InChI is InChI=1S/C16H16N2O5/c1-10-4-6-17(7-5-10)15(19)13-9-11-8-12(18(21)22)2-3-14(11)23-16(13)20/h2-3,8-10H,4-7H2,1H3. The van der Waals surface area contributed by atoms with Crippen LogP contribution in [0.2, 0.25) is 0 Å². The Hall–Kier alpha value is -2.70. The maximum atomic E-state index is 12.5. The topological polar surface area (TPSA) is 93.7 Å². The molecule has 1 amide bonds. The second-order valence-electron chi connectivity index (χ2n) is 5.90. The zero-order valence-corrected chi connectivity index (χ0v) is 12.7. The number of benzene rings is 1. The number of hydrogen-bond donors (Lipinski definition) is 0. The Morgan fingerprint density at radius 1 is 1.30 bits per heavy atom. The Morgan fingerprint density at radius 3 is 2.65 bits per heavy atom. The molecule has 0 aliphatic carbocycles. The van der Waals surface area contributed by atoms with Crippen LogP contribution in [0.3, 0.4) is 0 Å². The van der Waals surface area contributed by atoms with Crippen molar-refractivity contribution in [3.05, 3.63) is 50.4 Å². The third-order valence-electron chi connectivity index (χ3n) is 4.23. The first-order valence-electron chi connectivity index (χ1n) is 7.47. The van der Waals surface area contributed by atoms with Crippen molar-refractivity contribution in [1.29, 1.82) is 0 Å². The zero-order chi connectivity index (χ0) is 16.6. The highest BCUT2D eigenvalue weighted by molar-refractivity contribution is 5.97. The highest BCUT2D eigenvalue weighted by atomic mass is 16.6. The first kappa shape index (κ1) is 15.2. The molecule has 23 heavy (non-hydrogen) atoms. The number of carbonyl (C=O) groups is 1. The molecule has 0 bridgehead atoms. The van der Waals surface area contributed by atoms with Crippen molar-refractivity contribution in [2.24, 2.45) is 5.92 Å². The highest BCUT2D eigenvalue weighted by Crippen LogP contribution is 2.22. The van der Waals surface area contributed by atoms with Crippen molar-refractivity contribution in [2.45, 2.75) is 19.8 Å². The van der Waals surface area contributed by atoms with Gasteiger partial charge < -0.3 is 9.32 Å². The summed E-state index contributed by atoms with van der Waals surface area (Å²) in [7, 11) is 0. The van der Waals surface area contributed by atoms with Crippen LogP contribution in [0, 0.1) is 16.0 Å². The maximum Gasteiger partial charge on any atom is 0.349 e. The Bertz CT molecular complexity index is 834. The Labute approximate surface area is 131 Å². The lowest BCUT2D eigenvalue weighted by Crippen LogP contribution is -2.39. The number of hydrogen-bond acceptors (Lipinski definition) is 5. The summed E-state index contributed by atoms with van der Waals surface area (Å²) in [4.78, 5) is 36.5. The van der Waals surface area contributed by atoms with Crippen LogP contribution in [-0.2, 0) is 0 Å². The van der Waals surface area contributed by atoms with E-state index in [4.69, 9.17) is 4.42 Å². The summed E-state index contributed by atoms with van der Waals surface area (Å²) in [5.41, 5.74) is -0.677. The first-order valence-corrected chi connectivity index (χ1v) is 7.47. The van der Waals surface area contributed by atoms with Gasteiger partial charge in [-0.2, -0.15) is 0 Å². The van der Waals surface area contributed by atoms with Gasteiger partial charge >= 0.3 is 5.63 Å². The number of rotatable bonds is 2. The first-order chi connectivity index (χ1) is 11.0. The van der Waals surface area contributed by atoms with Crippen molar-refractivity contribution in [3.8, 4) is 0 Å². The molecule has 0 atom stereocenters. The molecule has 0 unspecified atom stereocenters. The number of amides is 1. The molecular formula is C16H16N2O5. The van der Waals surface area contributed by atoms with Gasteiger partial charge in [0.25, 0.3) is 11.6 Å². The summed E-state index contributed by atoms with van der Waals surface area (Å²) in [5, 5.41) is 11.2. The molecule has 120 valence electrons. The number of piperidine rings is 1. The zero-order valence-electron chi connectivity index (χ0n) is 12.7. The second kappa shape index (κ2) is 5.83. The maximum absolute atomic E-state index is 12.5. The van der Waals surface area contributed by atoms with Crippen LogP contribution in [-0.4, -0.2) is 28.8 Å². The van der Waals surface area contributed by atoms with Crippen LogP contribution in [0.5, 0.6) is 0 Å². The predicted octanol–water partition coefficient (Wildman–Crippen LogP) is 2.57. The van der Waals surface area contributed by atoms with Crippen molar-refractivity contribution in [1.82, 2.24) is 4.90 Å². The third kappa shape index (κ3) is 2.94. The quantitative estimate of drug-likeness (QED) is 0.482. The third-order valence-corrected chi connectivity index (χ3v) is 4.23. The van der Waals surface area contributed by atoms with Crippen molar-refractivity contribution in [3.63, 3.8) is 0 Å². The van der Waals surface area contributed by atoms with Crippen LogP contribution < -0.4 is 5.63 Å². The van der Waals surface area contributed by atoms with Gasteiger partial charge in [0.15, 0.2) is 0 Å². The number of carbonyl (C=O) groups excluding carboxylic acids is 1. The molecule has 1 aliphatic heterocycles. The van der Waals surface area contributed by atoms with Crippen LogP contribution in [0.15, 0.2) is 33.5 Å². The largest absolute Gasteiger partial charge is 0.422 e. The number of non-ortho nitro benzene ring substituents is 1. The van der Waals surface area contributed by atoms with Gasteiger partial charge in [-0.25, -0.2) is 4.79 Å². The van der Waals surface area contributed by atoms with E-state index in [0.717, 1.165) is 12.8 Å². The molecule has 0 saturated carbocycles. The summed E-state index contributed by atoms with van der Waals surface area (Å²) in [6.07, 6.45) is 1.80. The van der Waals surface area contributed by atoms with Crippen LogP contribution >= 0.6 is 0 Å². The second-order valence-corrected chi connectivity index (χ2v) is 5.90. The average molecular weight is 316 g/mol. The van der Waals surface area contributed by atoms with Crippen molar-refractivity contribution in [2.75, 3.05) is 13.1 Å². The summed E-state index contributed by atoms with van der Waals surface area (Å²) in [6, 6.07) is 5.31. The molecule has 2 heterocycles. The Kier molecular flexibility index (Phi) is 3.85. The van der Waals surface area contributed by atoms with Crippen LogP contribution in [0.1, 0.15) is 30.1 Å². The van der Waals surface area contributed by atoms with E-state index in [-0.39, 0.29) is 22.7 Å². The van der Waals surface area contributed by atoms with E-state index < -0.39 is 10.5 Å². The fourth-order valence-corrected chi connectivity index (χ4v) is 2.76. The number of nitrogens with zero attached hydrogens (tertiary/aromatic N) is 2. The van der Waals surface area contributed by atoms with Crippen molar-refractivity contribution < 1.29 is 14.1 Å².